The molecule has 0 bridgehead atoms. The summed E-state index contributed by atoms with van der Waals surface area (Å²) in [6, 6.07) is -0.0768. The standard InChI is InChI=1S/C8H15NO3/c1-6(11)8(12)9-4-2-3-7(9)5-10/h6-7,10-11H,2-5H2,1H3/t6-,7+/m1/s1. The van der Waals surface area contributed by atoms with Crippen LogP contribution in [0.25, 0.3) is 0 Å². The van der Waals surface area contributed by atoms with Gasteiger partial charge in [0.1, 0.15) is 6.10 Å². The van der Waals surface area contributed by atoms with Crippen LogP contribution in [0.15, 0.2) is 0 Å². The molecule has 1 saturated heterocycles. The van der Waals surface area contributed by atoms with Gasteiger partial charge in [0.2, 0.25) is 0 Å². The number of carbonyl (C=O) groups excluding carboxylic acids is 1. The molecular weight excluding hydrogens is 158 g/mol. The Morgan fingerprint density at radius 2 is 2.42 bits per heavy atom. The maximum atomic E-state index is 11.3. The van der Waals surface area contributed by atoms with Gasteiger partial charge >= 0.3 is 0 Å². The Labute approximate surface area is 71.8 Å². The molecule has 1 aliphatic heterocycles. The monoisotopic (exact) mass is 173 g/mol. The molecule has 12 heavy (non-hydrogen) atoms. The Kier molecular flexibility index (Phi) is 3.05. The van der Waals surface area contributed by atoms with Crippen molar-refractivity contribution >= 4 is 5.91 Å². The van der Waals surface area contributed by atoms with Crippen LogP contribution in [0.5, 0.6) is 0 Å². The summed E-state index contributed by atoms with van der Waals surface area (Å²) in [5, 5.41) is 17.9. The smallest absolute Gasteiger partial charge is 0.251 e. The molecule has 1 heterocycles. The molecule has 0 aromatic rings. The van der Waals surface area contributed by atoms with E-state index in [9.17, 15) is 4.79 Å². The van der Waals surface area contributed by atoms with Gasteiger partial charge in [0.25, 0.3) is 5.91 Å². The van der Waals surface area contributed by atoms with E-state index in [1.54, 1.807) is 4.90 Å². The molecule has 0 unspecified atom stereocenters. The number of aliphatic hydroxyl groups excluding tert-OH is 2. The van der Waals surface area contributed by atoms with Gasteiger partial charge in [-0.2, -0.15) is 0 Å². The molecule has 1 aliphatic rings. The number of aliphatic hydroxyl groups is 2. The average Bonchev–Trinajstić information content (AvgIpc) is 2.49. The minimum atomic E-state index is -0.947. The zero-order valence-corrected chi connectivity index (χ0v) is 7.23. The highest BCUT2D eigenvalue weighted by Crippen LogP contribution is 2.17. The number of rotatable bonds is 2. The number of likely N-dealkylation sites (tertiary alicyclic amines) is 1. The van der Waals surface area contributed by atoms with Gasteiger partial charge in [-0.15, -0.1) is 0 Å². The van der Waals surface area contributed by atoms with Crippen LogP contribution in [0, 0.1) is 0 Å². The molecule has 0 spiro atoms. The molecule has 1 amide bonds. The fourth-order valence-electron chi connectivity index (χ4n) is 1.56. The summed E-state index contributed by atoms with van der Waals surface area (Å²) in [6.07, 6.45) is 0.815. The van der Waals surface area contributed by atoms with Crippen molar-refractivity contribution in [3.8, 4) is 0 Å². The van der Waals surface area contributed by atoms with E-state index in [2.05, 4.69) is 0 Å². The number of nitrogens with zero attached hydrogens (tertiary/aromatic N) is 1. The average molecular weight is 173 g/mol. The summed E-state index contributed by atoms with van der Waals surface area (Å²) in [5.74, 6) is -0.272. The molecule has 0 aromatic carbocycles. The molecule has 4 heteroatoms. The fourth-order valence-corrected chi connectivity index (χ4v) is 1.56. The van der Waals surface area contributed by atoms with E-state index in [1.807, 2.05) is 0 Å². The van der Waals surface area contributed by atoms with Crippen molar-refractivity contribution in [1.29, 1.82) is 0 Å². The normalized spacial score (nSPS) is 25.9. The first-order chi connectivity index (χ1) is 5.66. The van der Waals surface area contributed by atoms with Crippen LogP contribution in [0.3, 0.4) is 0 Å². The Bertz CT molecular complexity index is 170. The lowest BCUT2D eigenvalue weighted by molar-refractivity contribution is -0.140. The Hall–Kier alpha value is -0.610. The zero-order chi connectivity index (χ0) is 9.14. The van der Waals surface area contributed by atoms with E-state index in [0.29, 0.717) is 6.54 Å². The molecule has 0 aliphatic carbocycles. The highest BCUT2D eigenvalue weighted by Gasteiger charge is 2.29. The predicted molar refractivity (Wildman–Crippen MR) is 43.5 cm³/mol. The van der Waals surface area contributed by atoms with Crippen molar-refractivity contribution < 1.29 is 15.0 Å². The molecule has 1 rings (SSSR count). The lowest BCUT2D eigenvalue weighted by atomic mass is 10.2. The molecule has 0 radical (unpaired) electrons. The quantitative estimate of drug-likeness (QED) is 0.583. The van der Waals surface area contributed by atoms with Gasteiger partial charge in [-0.05, 0) is 19.8 Å². The van der Waals surface area contributed by atoms with Crippen LogP contribution in [0.1, 0.15) is 19.8 Å². The van der Waals surface area contributed by atoms with E-state index < -0.39 is 6.10 Å². The Morgan fingerprint density at radius 3 is 2.92 bits per heavy atom. The second-order valence-electron chi connectivity index (χ2n) is 3.19. The highest BCUT2D eigenvalue weighted by atomic mass is 16.3. The van der Waals surface area contributed by atoms with Crippen LogP contribution >= 0.6 is 0 Å². The molecule has 70 valence electrons. The minimum absolute atomic E-state index is 0.00153. The third-order valence-corrected chi connectivity index (χ3v) is 2.23. The van der Waals surface area contributed by atoms with Crippen molar-refractivity contribution in [3.63, 3.8) is 0 Å². The largest absolute Gasteiger partial charge is 0.394 e. The lowest BCUT2D eigenvalue weighted by Gasteiger charge is -2.24. The van der Waals surface area contributed by atoms with E-state index in [-0.39, 0.29) is 18.6 Å². The van der Waals surface area contributed by atoms with Gasteiger partial charge < -0.3 is 15.1 Å². The summed E-state index contributed by atoms with van der Waals surface area (Å²) >= 11 is 0. The second-order valence-corrected chi connectivity index (χ2v) is 3.19. The van der Waals surface area contributed by atoms with Crippen molar-refractivity contribution in [1.82, 2.24) is 4.90 Å². The Morgan fingerprint density at radius 1 is 1.75 bits per heavy atom. The fraction of sp³-hybridized carbons (Fsp3) is 0.875. The van der Waals surface area contributed by atoms with Gasteiger partial charge in [-0.1, -0.05) is 0 Å². The molecule has 1 fully saturated rings. The van der Waals surface area contributed by atoms with Crippen LogP contribution in [0.4, 0.5) is 0 Å². The lowest BCUT2D eigenvalue weighted by Crippen LogP contribution is -2.42. The molecule has 2 atom stereocenters. The van der Waals surface area contributed by atoms with Crippen molar-refractivity contribution in [3.05, 3.63) is 0 Å². The first-order valence-electron chi connectivity index (χ1n) is 4.26. The number of hydrogen-bond donors (Lipinski definition) is 2. The number of amides is 1. The number of hydrogen-bond acceptors (Lipinski definition) is 3. The minimum Gasteiger partial charge on any atom is -0.394 e. The molecule has 0 saturated carbocycles. The maximum Gasteiger partial charge on any atom is 0.251 e. The van der Waals surface area contributed by atoms with Gasteiger partial charge in [0.15, 0.2) is 0 Å². The van der Waals surface area contributed by atoms with Gasteiger partial charge in [0.05, 0.1) is 12.6 Å². The van der Waals surface area contributed by atoms with Crippen molar-refractivity contribution in [2.75, 3.05) is 13.2 Å². The van der Waals surface area contributed by atoms with Crippen LogP contribution in [-0.4, -0.2) is 46.3 Å². The second kappa shape index (κ2) is 3.87. The van der Waals surface area contributed by atoms with E-state index in [0.717, 1.165) is 12.8 Å². The molecule has 4 nitrogen and oxygen atoms in total. The summed E-state index contributed by atoms with van der Waals surface area (Å²) in [6.45, 7) is 2.11. The third-order valence-electron chi connectivity index (χ3n) is 2.23. The van der Waals surface area contributed by atoms with E-state index in [4.69, 9.17) is 10.2 Å². The highest BCUT2D eigenvalue weighted by molar-refractivity contribution is 5.80. The van der Waals surface area contributed by atoms with E-state index in [1.165, 1.54) is 6.92 Å². The van der Waals surface area contributed by atoms with Gasteiger partial charge in [0, 0.05) is 6.54 Å². The van der Waals surface area contributed by atoms with Gasteiger partial charge in [-0.3, -0.25) is 4.79 Å². The van der Waals surface area contributed by atoms with Crippen molar-refractivity contribution in [2.24, 2.45) is 0 Å². The zero-order valence-electron chi connectivity index (χ0n) is 7.23. The SMILES string of the molecule is C[C@@H](O)C(=O)N1CCC[C@H]1CO. The maximum absolute atomic E-state index is 11.3. The first-order valence-corrected chi connectivity index (χ1v) is 4.26. The van der Waals surface area contributed by atoms with Gasteiger partial charge in [-0.25, -0.2) is 0 Å². The van der Waals surface area contributed by atoms with Crippen molar-refractivity contribution in [2.45, 2.75) is 31.9 Å². The number of carbonyl (C=O) groups is 1. The topological polar surface area (TPSA) is 60.8 Å². The summed E-state index contributed by atoms with van der Waals surface area (Å²) < 4.78 is 0. The molecule has 0 aromatic heterocycles. The van der Waals surface area contributed by atoms with Crippen LogP contribution < -0.4 is 0 Å². The molecular formula is C8H15NO3. The third kappa shape index (κ3) is 1.76. The van der Waals surface area contributed by atoms with E-state index >= 15 is 0 Å². The summed E-state index contributed by atoms with van der Waals surface area (Å²) in [7, 11) is 0. The van der Waals surface area contributed by atoms with Crippen LogP contribution in [-0.2, 0) is 4.79 Å². The van der Waals surface area contributed by atoms with Crippen LogP contribution in [0.2, 0.25) is 0 Å². The Balaban J connectivity index is 2.55. The first kappa shape index (κ1) is 9.48. The summed E-state index contributed by atoms with van der Waals surface area (Å²) in [4.78, 5) is 12.8. The summed E-state index contributed by atoms with van der Waals surface area (Å²) in [5.41, 5.74) is 0. The predicted octanol–water partition coefficient (Wildman–Crippen LogP) is -0.650. The molecule has 2 N–H and O–H groups in total.